The Kier molecular flexibility index (Phi) is 3.92. The zero-order valence-electron chi connectivity index (χ0n) is 12.2. The second kappa shape index (κ2) is 5.73. The van der Waals surface area contributed by atoms with Crippen molar-refractivity contribution < 1.29 is 13.2 Å². The van der Waals surface area contributed by atoms with Crippen molar-refractivity contribution in [1.29, 1.82) is 0 Å². The van der Waals surface area contributed by atoms with Gasteiger partial charge in [0.1, 0.15) is 0 Å². The summed E-state index contributed by atoms with van der Waals surface area (Å²) in [6.07, 6.45) is 2.91. The van der Waals surface area contributed by atoms with Gasteiger partial charge in [-0.2, -0.15) is 0 Å². The molecule has 1 aliphatic rings. The minimum atomic E-state index is -3.53. The van der Waals surface area contributed by atoms with Crippen LogP contribution in [0.15, 0.2) is 30.5 Å². The van der Waals surface area contributed by atoms with Crippen molar-refractivity contribution in [3.63, 3.8) is 0 Å². The summed E-state index contributed by atoms with van der Waals surface area (Å²) < 4.78 is 22.3. The quantitative estimate of drug-likeness (QED) is 0.854. The Hall–Kier alpha value is -1.86. The van der Waals surface area contributed by atoms with Crippen LogP contribution < -0.4 is 5.14 Å². The fourth-order valence-corrected chi connectivity index (χ4v) is 4.00. The Morgan fingerprint density at radius 3 is 2.91 bits per heavy atom. The van der Waals surface area contributed by atoms with E-state index in [9.17, 15) is 13.2 Å². The van der Waals surface area contributed by atoms with Gasteiger partial charge in [0.05, 0.1) is 5.75 Å². The molecule has 2 aromatic rings. The molecule has 7 heteroatoms. The molecule has 22 heavy (non-hydrogen) atoms. The predicted octanol–water partition coefficient (Wildman–Crippen LogP) is 0.847. The van der Waals surface area contributed by atoms with Gasteiger partial charge in [0.2, 0.25) is 15.9 Å². The molecule has 1 aromatic heterocycles. The molecule has 3 N–H and O–H groups in total. The van der Waals surface area contributed by atoms with Gasteiger partial charge in [0.25, 0.3) is 0 Å². The molecule has 3 rings (SSSR count). The first-order chi connectivity index (χ1) is 10.4. The average Bonchev–Trinajstić information content (AvgIpc) is 3.01. The van der Waals surface area contributed by atoms with E-state index in [1.165, 1.54) is 0 Å². The molecular formula is C15H19N3O3S. The Bertz CT molecular complexity index is 797. The highest BCUT2D eigenvalue weighted by atomic mass is 32.2. The molecule has 1 atom stereocenters. The van der Waals surface area contributed by atoms with Crippen LogP contribution in [0.5, 0.6) is 0 Å². The Balaban J connectivity index is 1.64. The summed E-state index contributed by atoms with van der Waals surface area (Å²) in [6, 6.07) is 8.10. The second-order valence-electron chi connectivity index (χ2n) is 5.85. The van der Waals surface area contributed by atoms with Gasteiger partial charge in [0, 0.05) is 37.1 Å². The number of hydrogen-bond acceptors (Lipinski definition) is 3. The van der Waals surface area contributed by atoms with Crippen molar-refractivity contribution in [2.24, 2.45) is 11.1 Å². The van der Waals surface area contributed by atoms with Crippen LogP contribution in [-0.4, -0.2) is 43.1 Å². The number of nitrogens with zero attached hydrogens (tertiary/aromatic N) is 1. The predicted molar refractivity (Wildman–Crippen MR) is 84.7 cm³/mol. The third-order valence-electron chi connectivity index (χ3n) is 4.09. The highest BCUT2D eigenvalue weighted by Gasteiger charge is 2.31. The van der Waals surface area contributed by atoms with Gasteiger partial charge in [-0.15, -0.1) is 0 Å². The van der Waals surface area contributed by atoms with E-state index in [2.05, 4.69) is 4.98 Å². The molecule has 1 aromatic carbocycles. The zero-order chi connectivity index (χ0) is 15.7. The fraction of sp³-hybridized carbons (Fsp3) is 0.400. The monoisotopic (exact) mass is 321 g/mol. The summed E-state index contributed by atoms with van der Waals surface area (Å²) >= 11 is 0. The van der Waals surface area contributed by atoms with E-state index in [4.69, 9.17) is 5.14 Å². The van der Waals surface area contributed by atoms with Crippen LogP contribution >= 0.6 is 0 Å². The number of H-pyrrole nitrogens is 1. The summed E-state index contributed by atoms with van der Waals surface area (Å²) in [6.45, 7) is 1.06. The number of carbonyl (C=O) groups is 1. The van der Waals surface area contributed by atoms with E-state index >= 15 is 0 Å². The maximum atomic E-state index is 12.0. The molecular weight excluding hydrogens is 302 g/mol. The van der Waals surface area contributed by atoms with Crippen LogP contribution in [0.1, 0.15) is 12.0 Å². The number of amides is 1. The lowest BCUT2D eigenvalue weighted by atomic mass is 10.1. The Labute approximate surface area is 129 Å². The van der Waals surface area contributed by atoms with Gasteiger partial charge in [-0.1, -0.05) is 18.2 Å². The zero-order valence-corrected chi connectivity index (χ0v) is 13.0. The molecule has 118 valence electrons. The third-order valence-corrected chi connectivity index (χ3v) is 5.02. The van der Waals surface area contributed by atoms with Crippen LogP contribution in [0.4, 0.5) is 0 Å². The minimum absolute atomic E-state index is 0.00677. The first-order valence-corrected chi connectivity index (χ1v) is 8.97. The molecule has 1 saturated heterocycles. The standard InChI is InChI=1S/C15H19N3O3S/c16-22(20,21)10-11-8-14(19)18(9-11)7-5-13-3-1-2-12-4-6-17-15(12)13/h1-4,6,11,17H,5,7-10H2,(H2,16,20,21). The van der Waals surface area contributed by atoms with Crippen LogP contribution in [0.25, 0.3) is 10.9 Å². The van der Waals surface area contributed by atoms with Crippen molar-refractivity contribution >= 4 is 26.8 Å². The molecule has 0 aliphatic carbocycles. The summed E-state index contributed by atoms with van der Waals surface area (Å²) in [5, 5.41) is 6.21. The number of likely N-dealkylation sites (tertiary alicyclic amines) is 1. The van der Waals surface area contributed by atoms with E-state index in [1.807, 2.05) is 30.5 Å². The molecule has 1 fully saturated rings. The molecule has 0 radical (unpaired) electrons. The smallest absolute Gasteiger partial charge is 0.222 e. The molecule has 6 nitrogen and oxygen atoms in total. The fourth-order valence-electron chi connectivity index (χ4n) is 3.12. The normalized spacial score (nSPS) is 19.2. The van der Waals surface area contributed by atoms with Crippen LogP contribution in [0, 0.1) is 5.92 Å². The molecule has 0 saturated carbocycles. The van der Waals surface area contributed by atoms with E-state index in [-0.39, 0.29) is 24.0 Å². The summed E-state index contributed by atoms with van der Waals surface area (Å²) in [5.41, 5.74) is 2.25. The summed E-state index contributed by atoms with van der Waals surface area (Å²) in [7, 11) is -3.53. The number of nitrogens with one attached hydrogen (secondary N) is 1. The minimum Gasteiger partial charge on any atom is -0.361 e. The Morgan fingerprint density at radius 2 is 2.14 bits per heavy atom. The number of rotatable bonds is 5. The van der Waals surface area contributed by atoms with Gasteiger partial charge in [-0.05, 0) is 23.4 Å². The van der Waals surface area contributed by atoms with E-state index in [0.717, 1.165) is 22.9 Å². The number of aromatic amines is 1. The summed E-state index contributed by atoms with van der Waals surface area (Å²) in [4.78, 5) is 16.9. The van der Waals surface area contributed by atoms with Gasteiger partial charge in [-0.25, -0.2) is 13.6 Å². The van der Waals surface area contributed by atoms with Crippen LogP contribution in [0.3, 0.4) is 0 Å². The number of hydrogen-bond donors (Lipinski definition) is 2. The second-order valence-corrected chi connectivity index (χ2v) is 7.51. The SMILES string of the molecule is NS(=O)(=O)CC1CC(=O)N(CCc2cccc3cc[nH]c23)C1. The van der Waals surface area contributed by atoms with E-state index < -0.39 is 10.0 Å². The number of sulfonamides is 1. The maximum Gasteiger partial charge on any atom is 0.222 e. The molecule has 0 spiro atoms. The number of nitrogens with two attached hydrogens (primary N) is 1. The van der Waals surface area contributed by atoms with Crippen molar-refractivity contribution in [1.82, 2.24) is 9.88 Å². The highest BCUT2D eigenvalue weighted by molar-refractivity contribution is 7.89. The topological polar surface area (TPSA) is 96.3 Å². The average molecular weight is 321 g/mol. The van der Waals surface area contributed by atoms with Gasteiger partial charge in [0.15, 0.2) is 0 Å². The largest absolute Gasteiger partial charge is 0.361 e. The number of para-hydroxylation sites is 1. The van der Waals surface area contributed by atoms with Crippen molar-refractivity contribution in [3.8, 4) is 0 Å². The number of aromatic nitrogens is 1. The highest BCUT2D eigenvalue weighted by Crippen LogP contribution is 2.21. The first-order valence-electron chi connectivity index (χ1n) is 7.25. The summed E-state index contributed by atoms with van der Waals surface area (Å²) in [5.74, 6) is -0.308. The molecule has 0 bridgehead atoms. The molecule has 2 heterocycles. The van der Waals surface area contributed by atoms with E-state index in [0.29, 0.717) is 13.1 Å². The van der Waals surface area contributed by atoms with Crippen molar-refractivity contribution in [3.05, 3.63) is 36.0 Å². The van der Waals surface area contributed by atoms with E-state index in [1.54, 1.807) is 4.90 Å². The number of primary sulfonamides is 1. The van der Waals surface area contributed by atoms with Gasteiger partial charge >= 0.3 is 0 Å². The molecule has 1 amide bonds. The first kappa shape index (κ1) is 15.1. The molecule has 1 unspecified atom stereocenters. The third kappa shape index (κ3) is 3.31. The lowest BCUT2D eigenvalue weighted by Gasteiger charge is -2.16. The number of fused-ring (bicyclic) bond motifs is 1. The number of carbonyl (C=O) groups excluding carboxylic acids is 1. The van der Waals surface area contributed by atoms with Crippen molar-refractivity contribution in [2.75, 3.05) is 18.8 Å². The number of benzene rings is 1. The van der Waals surface area contributed by atoms with Crippen molar-refractivity contribution in [2.45, 2.75) is 12.8 Å². The maximum absolute atomic E-state index is 12.0. The molecule has 1 aliphatic heterocycles. The van der Waals surface area contributed by atoms with Crippen LogP contribution in [0.2, 0.25) is 0 Å². The van der Waals surface area contributed by atoms with Gasteiger partial charge in [-0.3, -0.25) is 4.79 Å². The Morgan fingerprint density at radius 1 is 1.32 bits per heavy atom. The lowest BCUT2D eigenvalue weighted by Crippen LogP contribution is -2.29. The van der Waals surface area contributed by atoms with Crippen LogP contribution in [-0.2, 0) is 21.2 Å². The lowest BCUT2D eigenvalue weighted by molar-refractivity contribution is -0.127. The van der Waals surface area contributed by atoms with Gasteiger partial charge < -0.3 is 9.88 Å².